The van der Waals surface area contributed by atoms with Crippen LogP contribution in [0.25, 0.3) is 0 Å². The van der Waals surface area contributed by atoms with E-state index in [0.717, 1.165) is 18.9 Å². The molecule has 5 heteroatoms. The summed E-state index contributed by atoms with van der Waals surface area (Å²) in [5.41, 5.74) is 5.84. The van der Waals surface area contributed by atoms with E-state index in [0.29, 0.717) is 16.6 Å². The molecule has 82 valence electrons. The number of phenolic OH excluding ortho intramolecular Hbond substituents is 2. The Balaban J connectivity index is 2.62. The topological polar surface area (TPSA) is 66.5 Å². The Morgan fingerprint density at radius 2 is 2.00 bits per heavy atom. The SMILES string of the molecule is NCC1(c2c(Br)cc(F)c(O)c2O)CC1. The third-order valence-corrected chi connectivity index (χ3v) is 3.58. The van der Waals surface area contributed by atoms with Crippen molar-refractivity contribution in [2.75, 3.05) is 6.54 Å². The van der Waals surface area contributed by atoms with Crippen LogP contribution in [-0.2, 0) is 5.41 Å². The van der Waals surface area contributed by atoms with E-state index in [1.807, 2.05) is 0 Å². The number of aromatic hydroxyl groups is 2. The first-order valence-electron chi connectivity index (χ1n) is 4.62. The van der Waals surface area contributed by atoms with Crippen LogP contribution in [0, 0.1) is 5.82 Å². The van der Waals surface area contributed by atoms with Gasteiger partial charge in [-0.05, 0) is 18.9 Å². The molecule has 0 amide bonds. The van der Waals surface area contributed by atoms with Gasteiger partial charge in [-0.15, -0.1) is 0 Å². The summed E-state index contributed by atoms with van der Waals surface area (Å²) >= 11 is 3.18. The molecule has 1 aromatic rings. The number of nitrogens with two attached hydrogens (primary N) is 1. The minimum absolute atomic E-state index is 0.298. The number of hydrogen-bond acceptors (Lipinski definition) is 3. The Morgan fingerprint density at radius 1 is 1.40 bits per heavy atom. The van der Waals surface area contributed by atoms with E-state index in [-0.39, 0.29) is 5.41 Å². The second-order valence-corrected chi connectivity index (χ2v) is 4.75. The molecule has 2 rings (SSSR count). The monoisotopic (exact) mass is 275 g/mol. The summed E-state index contributed by atoms with van der Waals surface area (Å²) in [4.78, 5) is 0. The van der Waals surface area contributed by atoms with Crippen molar-refractivity contribution in [2.45, 2.75) is 18.3 Å². The molecule has 0 aromatic heterocycles. The molecule has 0 unspecified atom stereocenters. The highest BCUT2D eigenvalue weighted by Crippen LogP contribution is 2.55. The number of benzene rings is 1. The summed E-state index contributed by atoms with van der Waals surface area (Å²) in [5, 5.41) is 19.0. The number of rotatable bonds is 2. The molecular weight excluding hydrogens is 265 g/mol. The van der Waals surface area contributed by atoms with Crippen LogP contribution in [0.15, 0.2) is 10.5 Å². The van der Waals surface area contributed by atoms with Gasteiger partial charge in [0, 0.05) is 22.0 Å². The molecule has 1 aliphatic carbocycles. The fourth-order valence-electron chi connectivity index (χ4n) is 1.81. The van der Waals surface area contributed by atoms with Crippen molar-refractivity contribution in [3.8, 4) is 11.5 Å². The fraction of sp³-hybridized carbons (Fsp3) is 0.400. The molecule has 1 aliphatic rings. The zero-order valence-corrected chi connectivity index (χ0v) is 9.51. The van der Waals surface area contributed by atoms with Gasteiger partial charge in [-0.3, -0.25) is 0 Å². The lowest BCUT2D eigenvalue weighted by molar-refractivity contribution is 0.371. The smallest absolute Gasteiger partial charge is 0.194 e. The Kier molecular flexibility index (Phi) is 2.39. The molecule has 1 saturated carbocycles. The Morgan fingerprint density at radius 3 is 2.47 bits per heavy atom. The predicted molar refractivity (Wildman–Crippen MR) is 57.4 cm³/mol. The van der Waals surface area contributed by atoms with Gasteiger partial charge in [0.1, 0.15) is 0 Å². The van der Waals surface area contributed by atoms with E-state index < -0.39 is 17.3 Å². The Labute approximate surface area is 94.8 Å². The molecular formula is C10H11BrFNO2. The molecule has 0 saturated heterocycles. The molecule has 1 aromatic carbocycles. The van der Waals surface area contributed by atoms with Crippen molar-refractivity contribution in [3.05, 3.63) is 21.9 Å². The molecule has 0 heterocycles. The standard InChI is InChI=1S/C10H11BrFNO2/c11-5-3-6(12)8(14)9(15)7(5)10(4-13)1-2-10/h3,14-15H,1-2,4,13H2. The van der Waals surface area contributed by atoms with Crippen molar-refractivity contribution in [2.24, 2.45) is 5.73 Å². The zero-order valence-electron chi connectivity index (χ0n) is 7.93. The van der Waals surface area contributed by atoms with Gasteiger partial charge in [-0.25, -0.2) is 4.39 Å². The number of hydrogen-bond donors (Lipinski definition) is 3. The van der Waals surface area contributed by atoms with E-state index in [9.17, 15) is 14.6 Å². The van der Waals surface area contributed by atoms with E-state index in [2.05, 4.69) is 15.9 Å². The molecule has 15 heavy (non-hydrogen) atoms. The van der Waals surface area contributed by atoms with Crippen LogP contribution >= 0.6 is 15.9 Å². The summed E-state index contributed by atoms with van der Waals surface area (Å²) in [7, 11) is 0. The first-order chi connectivity index (χ1) is 7.02. The number of phenols is 2. The van der Waals surface area contributed by atoms with E-state index in [4.69, 9.17) is 5.73 Å². The lowest BCUT2D eigenvalue weighted by atomic mass is 9.94. The highest BCUT2D eigenvalue weighted by Gasteiger charge is 2.46. The maximum Gasteiger partial charge on any atom is 0.194 e. The van der Waals surface area contributed by atoms with Crippen LogP contribution in [0.2, 0.25) is 0 Å². The Bertz CT molecular complexity index is 418. The van der Waals surface area contributed by atoms with E-state index in [1.165, 1.54) is 0 Å². The maximum absolute atomic E-state index is 13.1. The van der Waals surface area contributed by atoms with Gasteiger partial charge in [-0.2, -0.15) is 0 Å². The molecule has 0 atom stereocenters. The summed E-state index contributed by atoms with van der Waals surface area (Å²) in [6.45, 7) is 0.379. The summed E-state index contributed by atoms with van der Waals surface area (Å²) in [6.07, 6.45) is 1.70. The highest BCUT2D eigenvalue weighted by atomic mass is 79.9. The van der Waals surface area contributed by atoms with Gasteiger partial charge in [-0.1, -0.05) is 15.9 Å². The largest absolute Gasteiger partial charge is 0.504 e. The van der Waals surface area contributed by atoms with Crippen molar-refractivity contribution in [3.63, 3.8) is 0 Å². The first-order valence-corrected chi connectivity index (χ1v) is 5.41. The van der Waals surface area contributed by atoms with Gasteiger partial charge >= 0.3 is 0 Å². The summed E-state index contributed by atoms with van der Waals surface area (Å²) < 4.78 is 13.5. The molecule has 3 nitrogen and oxygen atoms in total. The van der Waals surface area contributed by atoms with Crippen molar-refractivity contribution < 1.29 is 14.6 Å². The van der Waals surface area contributed by atoms with E-state index in [1.54, 1.807) is 0 Å². The summed E-state index contributed by atoms with van der Waals surface area (Å²) in [5.74, 6) is -1.94. The van der Waals surface area contributed by atoms with Crippen LogP contribution in [0.1, 0.15) is 18.4 Å². The lowest BCUT2D eigenvalue weighted by Crippen LogP contribution is -2.20. The minimum atomic E-state index is -0.837. The zero-order chi connectivity index (χ0) is 11.2. The molecule has 0 aliphatic heterocycles. The maximum atomic E-state index is 13.1. The third-order valence-electron chi connectivity index (χ3n) is 2.95. The second kappa shape index (κ2) is 3.35. The second-order valence-electron chi connectivity index (χ2n) is 3.90. The normalized spacial score (nSPS) is 17.8. The lowest BCUT2D eigenvalue weighted by Gasteiger charge is -2.17. The van der Waals surface area contributed by atoms with Crippen molar-refractivity contribution in [1.29, 1.82) is 0 Å². The predicted octanol–water partition coefficient (Wildman–Crippen LogP) is 1.99. The minimum Gasteiger partial charge on any atom is -0.504 e. The average Bonchev–Trinajstić information content (AvgIpc) is 2.96. The summed E-state index contributed by atoms with van der Waals surface area (Å²) in [6, 6.07) is 1.15. The average molecular weight is 276 g/mol. The van der Waals surface area contributed by atoms with Gasteiger partial charge in [0.15, 0.2) is 17.3 Å². The Hall–Kier alpha value is -0.810. The quantitative estimate of drug-likeness (QED) is 0.724. The van der Waals surface area contributed by atoms with Crippen LogP contribution < -0.4 is 5.73 Å². The van der Waals surface area contributed by atoms with Crippen LogP contribution in [0.3, 0.4) is 0 Å². The fourth-order valence-corrected chi connectivity index (χ4v) is 2.62. The van der Waals surface area contributed by atoms with Crippen molar-refractivity contribution >= 4 is 15.9 Å². The molecule has 4 N–H and O–H groups in total. The first kappa shape index (κ1) is 10.7. The van der Waals surface area contributed by atoms with Gasteiger partial charge in [0.25, 0.3) is 0 Å². The highest BCUT2D eigenvalue weighted by molar-refractivity contribution is 9.10. The number of halogens is 2. The van der Waals surface area contributed by atoms with Gasteiger partial charge in [0.05, 0.1) is 0 Å². The van der Waals surface area contributed by atoms with Gasteiger partial charge < -0.3 is 15.9 Å². The molecule has 1 fully saturated rings. The molecule has 0 bridgehead atoms. The van der Waals surface area contributed by atoms with Crippen molar-refractivity contribution in [1.82, 2.24) is 0 Å². The van der Waals surface area contributed by atoms with Gasteiger partial charge in [0.2, 0.25) is 0 Å². The van der Waals surface area contributed by atoms with Crippen LogP contribution in [0.5, 0.6) is 11.5 Å². The third kappa shape index (κ3) is 1.50. The molecule has 0 spiro atoms. The van der Waals surface area contributed by atoms with E-state index >= 15 is 0 Å². The van der Waals surface area contributed by atoms with Crippen LogP contribution in [-0.4, -0.2) is 16.8 Å². The van der Waals surface area contributed by atoms with Crippen LogP contribution in [0.4, 0.5) is 4.39 Å². The molecule has 0 radical (unpaired) electrons.